The van der Waals surface area contributed by atoms with Gasteiger partial charge in [-0.15, -0.1) is 0 Å². The predicted molar refractivity (Wildman–Crippen MR) is 141 cm³/mol. The number of halogens is 1. The monoisotopic (exact) mass is 477 g/mol. The van der Waals surface area contributed by atoms with Gasteiger partial charge in [-0.1, -0.05) is 66.2 Å². The van der Waals surface area contributed by atoms with E-state index in [9.17, 15) is 9.18 Å². The van der Waals surface area contributed by atoms with E-state index in [4.69, 9.17) is 0 Å². The molecule has 2 aromatic heterocycles. The molecule has 36 heavy (non-hydrogen) atoms. The Labute approximate surface area is 210 Å². The standard InChI is InChI=1S/C31H28FN3O/c1-22-9-11-23(12-10-22)20-35-21-29(27-7-2-3-8-30(27)35)28(24-13-15-25(32)16-14-24)18-31(36)34-19-26-6-4-5-17-33-26/h2-17,21,28H,18-20H2,1H3,(H,34,36)/t28-/m0/s1. The SMILES string of the molecule is Cc1ccc(Cn2cc([C@@H](CC(=O)NCc3ccccn3)c3ccc(F)cc3)c3ccccc32)cc1. The Morgan fingerprint density at radius 3 is 2.44 bits per heavy atom. The van der Waals surface area contributed by atoms with Gasteiger partial charge >= 0.3 is 0 Å². The van der Waals surface area contributed by atoms with Crippen molar-refractivity contribution in [2.24, 2.45) is 0 Å². The molecule has 0 bridgehead atoms. The maximum absolute atomic E-state index is 13.8. The summed E-state index contributed by atoms with van der Waals surface area (Å²) in [6, 6.07) is 28.9. The molecule has 0 unspecified atom stereocenters. The molecule has 5 aromatic rings. The summed E-state index contributed by atoms with van der Waals surface area (Å²) in [5.41, 5.74) is 6.30. The van der Waals surface area contributed by atoms with E-state index in [1.54, 1.807) is 18.3 Å². The number of fused-ring (bicyclic) bond motifs is 1. The summed E-state index contributed by atoms with van der Waals surface area (Å²) in [5, 5.41) is 4.09. The highest BCUT2D eigenvalue weighted by molar-refractivity contribution is 5.86. The van der Waals surface area contributed by atoms with Crippen molar-refractivity contribution in [3.8, 4) is 0 Å². The second-order valence-corrected chi connectivity index (χ2v) is 9.12. The topological polar surface area (TPSA) is 46.9 Å². The zero-order chi connectivity index (χ0) is 24.9. The maximum atomic E-state index is 13.8. The number of benzene rings is 3. The summed E-state index contributed by atoms with van der Waals surface area (Å²) in [6.07, 6.45) is 4.10. The van der Waals surface area contributed by atoms with Crippen LogP contribution in [0.5, 0.6) is 0 Å². The molecule has 0 aliphatic carbocycles. The molecule has 1 atom stereocenters. The van der Waals surface area contributed by atoms with E-state index >= 15 is 0 Å². The molecule has 5 rings (SSSR count). The lowest BCUT2D eigenvalue weighted by molar-refractivity contribution is -0.121. The van der Waals surface area contributed by atoms with Crippen LogP contribution in [-0.2, 0) is 17.9 Å². The van der Waals surface area contributed by atoms with E-state index in [0.29, 0.717) is 6.54 Å². The number of carbonyl (C=O) groups excluding carboxylic acids is 1. The first-order chi connectivity index (χ1) is 17.6. The Kier molecular flexibility index (Phi) is 6.89. The minimum absolute atomic E-state index is 0.0784. The lowest BCUT2D eigenvalue weighted by Gasteiger charge is -2.17. The predicted octanol–water partition coefficient (Wildman–Crippen LogP) is 6.37. The largest absolute Gasteiger partial charge is 0.350 e. The van der Waals surface area contributed by atoms with Crippen molar-refractivity contribution in [3.63, 3.8) is 0 Å². The number of nitrogens with zero attached hydrogens (tertiary/aromatic N) is 2. The van der Waals surface area contributed by atoms with E-state index in [1.165, 1.54) is 23.3 Å². The van der Waals surface area contributed by atoms with Crippen LogP contribution in [-0.4, -0.2) is 15.5 Å². The molecule has 0 spiro atoms. The molecule has 4 nitrogen and oxygen atoms in total. The van der Waals surface area contributed by atoms with Gasteiger partial charge in [-0.25, -0.2) is 4.39 Å². The smallest absolute Gasteiger partial charge is 0.221 e. The fourth-order valence-corrected chi connectivity index (χ4v) is 4.63. The Bertz CT molecular complexity index is 1460. The van der Waals surface area contributed by atoms with E-state index in [0.717, 1.165) is 34.3 Å². The van der Waals surface area contributed by atoms with Crippen molar-refractivity contribution in [2.75, 3.05) is 0 Å². The number of carbonyl (C=O) groups is 1. The molecule has 1 amide bonds. The molecular weight excluding hydrogens is 449 g/mol. The summed E-state index contributed by atoms with van der Waals surface area (Å²) in [4.78, 5) is 17.4. The van der Waals surface area contributed by atoms with Crippen LogP contribution in [0.2, 0.25) is 0 Å². The molecule has 0 aliphatic rings. The van der Waals surface area contributed by atoms with Crippen molar-refractivity contribution in [1.82, 2.24) is 14.9 Å². The number of hydrogen-bond acceptors (Lipinski definition) is 2. The zero-order valence-corrected chi connectivity index (χ0v) is 20.2. The van der Waals surface area contributed by atoms with E-state index < -0.39 is 0 Å². The second-order valence-electron chi connectivity index (χ2n) is 9.12. The quantitative estimate of drug-likeness (QED) is 0.282. The Balaban J connectivity index is 1.49. The van der Waals surface area contributed by atoms with Crippen molar-refractivity contribution in [1.29, 1.82) is 0 Å². The summed E-state index contributed by atoms with van der Waals surface area (Å²) >= 11 is 0. The minimum Gasteiger partial charge on any atom is -0.350 e. The Morgan fingerprint density at radius 2 is 1.69 bits per heavy atom. The average Bonchev–Trinajstić information content (AvgIpc) is 3.27. The molecule has 0 radical (unpaired) electrons. The van der Waals surface area contributed by atoms with Crippen LogP contribution in [0.4, 0.5) is 4.39 Å². The van der Waals surface area contributed by atoms with E-state index in [2.05, 4.69) is 64.4 Å². The molecule has 0 aliphatic heterocycles. The van der Waals surface area contributed by atoms with Crippen LogP contribution >= 0.6 is 0 Å². The summed E-state index contributed by atoms with van der Waals surface area (Å²) in [7, 11) is 0. The van der Waals surface area contributed by atoms with Gasteiger partial charge in [0.15, 0.2) is 0 Å². The zero-order valence-electron chi connectivity index (χ0n) is 20.2. The number of amides is 1. The van der Waals surface area contributed by atoms with Crippen LogP contribution in [0.25, 0.3) is 10.9 Å². The number of aryl methyl sites for hydroxylation is 1. The van der Waals surface area contributed by atoms with Gasteiger partial charge in [-0.3, -0.25) is 9.78 Å². The van der Waals surface area contributed by atoms with Crippen molar-refractivity contribution < 1.29 is 9.18 Å². The van der Waals surface area contributed by atoms with Gasteiger partial charge < -0.3 is 9.88 Å². The molecule has 5 heteroatoms. The average molecular weight is 478 g/mol. The van der Waals surface area contributed by atoms with Gasteiger partial charge in [0.2, 0.25) is 5.91 Å². The molecular formula is C31H28FN3O. The fourth-order valence-electron chi connectivity index (χ4n) is 4.63. The number of hydrogen-bond donors (Lipinski definition) is 1. The van der Waals surface area contributed by atoms with Crippen LogP contribution in [0, 0.1) is 12.7 Å². The van der Waals surface area contributed by atoms with Crippen molar-refractivity contribution >= 4 is 16.8 Å². The third kappa shape index (κ3) is 5.36. The van der Waals surface area contributed by atoms with Crippen molar-refractivity contribution in [2.45, 2.75) is 32.4 Å². The van der Waals surface area contributed by atoms with Gasteiger partial charge in [-0.2, -0.15) is 0 Å². The normalized spacial score (nSPS) is 11.9. The summed E-state index contributed by atoms with van der Waals surface area (Å²) in [6.45, 7) is 3.17. The molecule has 1 N–H and O–H groups in total. The van der Waals surface area contributed by atoms with Gasteiger partial charge in [0, 0.05) is 42.2 Å². The third-order valence-corrected chi connectivity index (χ3v) is 6.52. The summed E-state index contributed by atoms with van der Waals surface area (Å²) < 4.78 is 16.0. The number of rotatable bonds is 8. The molecule has 0 saturated heterocycles. The maximum Gasteiger partial charge on any atom is 0.221 e. The fraction of sp³-hybridized carbons (Fsp3) is 0.161. The lowest BCUT2D eigenvalue weighted by atomic mass is 9.88. The Morgan fingerprint density at radius 1 is 0.944 bits per heavy atom. The first kappa shape index (κ1) is 23.5. The first-order valence-electron chi connectivity index (χ1n) is 12.1. The third-order valence-electron chi connectivity index (χ3n) is 6.52. The van der Waals surface area contributed by atoms with Gasteiger partial charge in [0.25, 0.3) is 0 Å². The highest BCUT2D eigenvalue weighted by Gasteiger charge is 2.23. The molecule has 3 aromatic carbocycles. The lowest BCUT2D eigenvalue weighted by Crippen LogP contribution is -2.25. The number of para-hydroxylation sites is 1. The molecule has 180 valence electrons. The van der Waals surface area contributed by atoms with Gasteiger partial charge in [0.05, 0.1) is 12.2 Å². The highest BCUT2D eigenvalue weighted by atomic mass is 19.1. The minimum atomic E-state index is -0.293. The first-order valence-corrected chi connectivity index (χ1v) is 12.1. The van der Waals surface area contributed by atoms with Crippen LogP contribution in [0.1, 0.15) is 40.3 Å². The summed E-state index contributed by atoms with van der Waals surface area (Å²) in [5.74, 6) is -0.595. The van der Waals surface area contributed by atoms with E-state index in [-0.39, 0.29) is 24.1 Å². The van der Waals surface area contributed by atoms with Crippen LogP contribution in [0.3, 0.4) is 0 Å². The molecule has 0 fully saturated rings. The number of aromatic nitrogens is 2. The Hall–Kier alpha value is -4.25. The van der Waals surface area contributed by atoms with Crippen LogP contribution in [0.15, 0.2) is 103 Å². The van der Waals surface area contributed by atoms with Crippen molar-refractivity contribution in [3.05, 3.63) is 137 Å². The molecule has 2 heterocycles. The molecule has 0 saturated carbocycles. The highest BCUT2D eigenvalue weighted by Crippen LogP contribution is 2.35. The van der Waals surface area contributed by atoms with Gasteiger partial charge in [-0.05, 0) is 53.9 Å². The van der Waals surface area contributed by atoms with Crippen LogP contribution < -0.4 is 5.32 Å². The van der Waals surface area contributed by atoms with Gasteiger partial charge in [0.1, 0.15) is 5.82 Å². The number of nitrogens with one attached hydrogen (secondary N) is 1. The number of pyridine rings is 1. The van der Waals surface area contributed by atoms with E-state index in [1.807, 2.05) is 30.3 Å². The second kappa shape index (κ2) is 10.6.